The van der Waals surface area contributed by atoms with Gasteiger partial charge in [0.1, 0.15) is 6.61 Å². The van der Waals surface area contributed by atoms with Crippen molar-refractivity contribution in [1.29, 1.82) is 0 Å². The van der Waals surface area contributed by atoms with Gasteiger partial charge in [0.15, 0.2) is 6.10 Å². The van der Waals surface area contributed by atoms with E-state index in [4.69, 9.17) is 14.2 Å². The van der Waals surface area contributed by atoms with E-state index in [0.29, 0.717) is 19.2 Å². The van der Waals surface area contributed by atoms with Gasteiger partial charge < -0.3 is 19.5 Å². The minimum Gasteiger partial charge on any atom is -0.462 e. The van der Waals surface area contributed by atoms with Gasteiger partial charge in [0.2, 0.25) is 0 Å². The lowest BCUT2D eigenvalue weighted by Gasteiger charge is -2.07. The van der Waals surface area contributed by atoms with Crippen LogP contribution >= 0.6 is 0 Å². The molecule has 1 rings (SSSR count). The van der Waals surface area contributed by atoms with E-state index in [-0.39, 0.29) is 6.10 Å². The molecular weight excluding hydrogens is 170 g/mol. The first-order chi connectivity index (χ1) is 6.33. The zero-order valence-corrected chi connectivity index (χ0v) is 8.04. The highest BCUT2D eigenvalue weighted by molar-refractivity contribution is 4.79. The van der Waals surface area contributed by atoms with Gasteiger partial charge in [-0.2, -0.15) is 0 Å². The van der Waals surface area contributed by atoms with Crippen molar-refractivity contribution < 1.29 is 14.2 Å². The van der Waals surface area contributed by atoms with E-state index in [1.165, 1.54) is 0 Å². The maximum atomic E-state index is 5.38. The van der Waals surface area contributed by atoms with Crippen LogP contribution in [0.4, 0.5) is 0 Å². The van der Waals surface area contributed by atoms with Crippen LogP contribution in [0, 0.1) is 0 Å². The second-order valence-electron chi connectivity index (χ2n) is 2.95. The van der Waals surface area contributed by atoms with Crippen LogP contribution < -0.4 is 5.32 Å². The summed E-state index contributed by atoms with van der Waals surface area (Å²) in [7, 11) is 1.93. The lowest BCUT2D eigenvalue weighted by atomic mass is 10.4. The summed E-state index contributed by atoms with van der Waals surface area (Å²) in [6.45, 7) is 6.44. The topological polar surface area (TPSA) is 39.7 Å². The molecule has 0 saturated carbocycles. The van der Waals surface area contributed by atoms with Crippen LogP contribution in [0.15, 0.2) is 12.5 Å². The van der Waals surface area contributed by atoms with Crippen LogP contribution in [-0.2, 0) is 14.2 Å². The van der Waals surface area contributed by atoms with Crippen LogP contribution in [0.3, 0.4) is 0 Å². The summed E-state index contributed by atoms with van der Waals surface area (Å²) in [6, 6.07) is 0. The van der Waals surface area contributed by atoms with E-state index < -0.39 is 0 Å². The zero-order valence-electron chi connectivity index (χ0n) is 8.04. The first kappa shape index (κ1) is 10.3. The van der Waals surface area contributed by atoms with Gasteiger partial charge in [0.05, 0.1) is 6.61 Å². The SMILES string of the molecule is C=C1OCC(COCCCNC)O1. The molecule has 1 heterocycles. The maximum Gasteiger partial charge on any atom is 0.272 e. The minimum absolute atomic E-state index is 0.0297. The van der Waals surface area contributed by atoms with E-state index in [1.54, 1.807) is 0 Å². The molecule has 1 aliphatic heterocycles. The lowest BCUT2D eigenvalue weighted by Crippen LogP contribution is -2.19. The Hall–Kier alpha value is -0.740. The van der Waals surface area contributed by atoms with Crippen LogP contribution in [0.2, 0.25) is 0 Å². The van der Waals surface area contributed by atoms with E-state index in [2.05, 4.69) is 11.9 Å². The van der Waals surface area contributed by atoms with Gasteiger partial charge in [0.25, 0.3) is 5.95 Å². The Morgan fingerprint density at radius 2 is 2.54 bits per heavy atom. The molecule has 13 heavy (non-hydrogen) atoms. The summed E-state index contributed by atoms with van der Waals surface area (Å²) in [5.41, 5.74) is 0. The molecule has 0 aromatic rings. The largest absolute Gasteiger partial charge is 0.462 e. The molecule has 76 valence electrons. The third-order valence-electron chi connectivity index (χ3n) is 1.75. The number of rotatable bonds is 6. The fourth-order valence-electron chi connectivity index (χ4n) is 1.09. The molecule has 1 atom stereocenters. The smallest absolute Gasteiger partial charge is 0.272 e. The molecule has 0 aliphatic carbocycles. The number of ether oxygens (including phenoxy) is 3. The van der Waals surface area contributed by atoms with Gasteiger partial charge >= 0.3 is 0 Å². The minimum atomic E-state index is 0.0297. The summed E-state index contributed by atoms with van der Waals surface area (Å²) < 4.78 is 15.6. The molecule has 0 aromatic carbocycles. The van der Waals surface area contributed by atoms with Crippen molar-refractivity contribution in [2.45, 2.75) is 12.5 Å². The van der Waals surface area contributed by atoms with Crippen molar-refractivity contribution in [3.63, 3.8) is 0 Å². The van der Waals surface area contributed by atoms with Gasteiger partial charge in [-0.15, -0.1) is 0 Å². The number of nitrogens with one attached hydrogen (secondary N) is 1. The van der Waals surface area contributed by atoms with Gasteiger partial charge in [-0.25, -0.2) is 0 Å². The van der Waals surface area contributed by atoms with Crippen molar-refractivity contribution >= 4 is 0 Å². The van der Waals surface area contributed by atoms with E-state index in [1.807, 2.05) is 7.05 Å². The second kappa shape index (κ2) is 5.83. The average Bonchev–Trinajstić information content (AvgIpc) is 2.51. The first-order valence-electron chi connectivity index (χ1n) is 4.53. The molecule has 1 aliphatic rings. The lowest BCUT2D eigenvalue weighted by molar-refractivity contribution is 0.0408. The fraction of sp³-hybridized carbons (Fsp3) is 0.778. The Balaban J connectivity index is 1.91. The Labute approximate surface area is 78.9 Å². The third-order valence-corrected chi connectivity index (χ3v) is 1.75. The zero-order chi connectivity index (χ0) is 9.52. The molecule has 0 amide bonds. The summed E-state index contributed by atoms with van der Waals surface area (Å²) in [5, 5.41) is 3.05. The molecule has 1 N–H and O–H groups in total. The molecule has 4 nitrogen and oxygen atoms in total. The van der Waals surface area contributed by atoms with Crippen molar-refractivity contribution in [1.82, 2.24) is 5.32 Å². The van der Waals surface area contributed by atoms with Crippen LogP contribution in [0.25, 0.3) is 0 Å². The van der Waals surface area contributed by atoms with Crippen molar-refractivity contribution in [2.75, 3.05) is 33.4 Å². The van der Waals surface area contributed by atoms with Crippen molar-refractivity contribution in [2.24, 2.45) is 0 Å². The van der Waals surface area contributed by atoms with Gasteiger partial charge in [0, 0.05) is 6.61 Å². The second-order valence-corrected chi connectivity index (χ2v) is 2.95. The highest BCUT2D eigenvalue weighted by atomic mass is 16.7. The molecule has 1 fully saturated rings. The summed E-state index contributed by atoms with van der Waals surface area (Å²) in [4.78, 5) is 0. The molecule has 4 heteroatoms. The Morgan fingerprint density at radius 1 is 1.69 bits per heavy atom. The predicted molar refractivity (Wildman–Crippen MR) is 49.3 cm³/mol. The Kier molecular flexibility index (Phi) is 4.64. The molecule has 0 radical (unpaired) electrons. The molecule has 1 unspecified atom stereocenters. The third kappa shape index (κ3) is 4.15. The summed E-state index contributed by atoms with van der Waals surface area (Å²) in [6.07, 6.45) is 1.05. The van der Waals surface area contributed by atoms with E-state index in [0.717, 1.165) is 19.6 Å². The fourth-order valence-corrected chi connectivity index (χ4v) is 1.09. The molecule has 0 bridgehead atoms. The van der Waals surface area contributed by atoms with Crippen LogP contribution in [0.1, 0.15) is 6.42 Å². The van der Waals surface area contributed by atoms with Gasteiger partial charge in [-0.3, -0.25) is 0 Å². The Bertz CT molecular complexity index is 161. The average molecular weight is 187 g/mol. The number of hydrogen-bond acceptors (Lipinski definition) is 4. The van der Waals surface area contributed by atoms with E-state index >= 15 is 0 Å². The Morgan fingerprint density at radius 3 is 3.15 bits per heavy atom. The normalized spacial score (nSPS) is 21.3. The highest BCUT2D eigenvalue weighted by Crippen LogP contribution is 2.12. The quantitative estimate of drug-likeness (QED) is 0.615. The number of hydrogen-bond donors (Lipinski definition) is 1. The highest BCUT2D eigenvalue weighted by Gasteiger charge is 2.20. The van der Waals surface area contributed by atoms with E-state index in [9.17, 15) is 0 Å². The summed E-state index contributed by atoms with van der Waals surface area (Å²) >= 11 is 0. The standard InChI is InChI=1S/C9H17NO3/c1-8-12-7-9(13-8)6-11-5-3-4-10-2/h9-10H,1,3-7H2,2H3. The molecule has 0 spiro atoms. The van der Waals surface area contributed by atoms with Crippen LogP contribution in [-0.4, -0.2) is 39.5 Å². The maximum absolute atomic E-state index is 5.38. The van der Waals surface area contributed by atoms with Gasteiger partial charge in [-0.1, -0.05) is 0 Å². The van der Waals surface area contributed by atoms with Gasteiger partial charge in [-0.05, 0) is 26.6 Å². The predicted octanol–water partition coefficient (Wildman–Crippen LogP) is 0.499. The molecular formula is C9H17NO3. The van der Waals surface area contributed by atoms with Crippen molar-refractivity contribution in [3.8, 4) is 0 Å². The monoisotopic (exact) mass is 187 g/mol. The first-order valence-corrected chi connectivity index (χ1v) is 4.53. The summed E-state index contributed by atoms with van der Waals surface area (Å²) in [5.74, 6) is 0.406. The van der Waals surface area contributed by atoms with Crippen molar-refractivity contribution in [3.05, 3.63) is 12.5 Å². The van der Waals surface area contributed by atoms with Crippen LogP contribution in [0.5, 0.6) is 0 Å². The molecule has 1 saturated heterocycles. The molecule has 0 aromatic heterocycles.